The van der Waals surface area contributed by atoms with Gasteiger partial charge in [0.2, 0.25) is 5.91 Å². The van der Waals surface area contributed by atoms with Crippen molar-refractivity contribution in [3.63, 3.8) is 0 Å². The van der Waals surface area contributed by atoms with Crippen LogP contribution in [0.1, 0.15) is 26.7 Å². The van der Waals surface area contributed by atoms with E-state index in [9.17, 15) is 9.59 Å². The number of piperidine rings is 1. The number of carbonyl (C=O) groups is 2. The predicted molar refractivity (Wildman–Crippen MR) is 70.8 cm³/mol. The van der Waals surface area contributed by atoms with E-state index in [2.05, 4.69) is 10.6 Å². The summed E-state index contributed by atoms with van der Waals surface area (Å²) in [5.41, 5.74) is -0.609. The molecule has 0 bridgehead atoms. The van der Waals surface area contributed by atoms with Crippen LogP contribution in [0.5, 0.6) is 0 Å². The maximum absolute atomic E-state index is 12.4. The standard InChI is InChI=1S/C13H24N2O4/c1-9(2)10(11(16)17)15-12(18)13(8-19-3)4-6-14-7-5-13/h9-10,14H,4-8H2,1-3H3,(H,15,18)(H,16,17). The maximum atomic E-state index is 12.4. The Balaban J connectivity index is 2.79. The number of rotatable bonds is 6. The summed E-state index contributed by atoms with van der Waals surface area (Å²) in [6.45, 7) is 5.38. The van der Waals surface area contributed by atoms with E-state index in [-0.39, 0.29) is 11.8 Å². The smallest absolute Gasteiger partial charge is 0.326 e. The van der Waals surface area contributed by atoms with Gasteiger partial charge >= 0.3 is 5.97 Å². The summed E-state index contributed by atoms with van der Waals surface area (Å²) in [5.74, 6) is -1.36. The fourth-order valence-electron chi connectivity index (χ4n) is 2.43. The van der Waals surface area contributed by atoms with Crippen molar-refractivity contribution in [2.24, 2.45) is 11.3 Å². The fourth-order valence-corrected chi connectivity index (χ4v) is 2.43. The van der Waals surface area contributed by atoms with Crippen molar-refractivity contribution < 1.29 is 19.4 Å². The van der Waals surface area contributed by atoms with Crippen LogP contribution in [-0.2, 0) is 14.3 Å². The molecule has 0 aromatic rings. The Morgan fingerprint density at radius 2 is 1.95 bits per heavy atom. The Hall–Kier alpha value is -1.14. The van der Waals surface area contributed by atoms with Crippen LogP contribution < -0.4 is 10.6 Å². The van der Waals surface area contributed by atoms with Gasteiger partial charge in [-0.3, -0.25) is 4.79 Å². The lowest BCUT2D eigenvalue weighted by atomic mass is 9.78. The summed E-state index contributed by atoms with van der Waals surface area (Å²) in [4.78, 5) is 23.6. The number of amides is 1. The average molecular weight is 272 g/mol. The monoisotopic (exact) mass is 272 g/mol. The van der Waals surface area contributed by atoms with Crippen LogP contribution in [0.4, 0.5) is 0 Å². The van der Waals surface area contributed by atoms with Gasteiger partial charge < -0.3 is 20.5 Å². The summed E-state index contributed by atoms with van der Waals surface area (Å²) in [7, 11) is 1.56. The Morgan fingerprint density at radius 1 is 1.37 bits per heavy atom. The Labute approximate surface area is 113 Å². The number of carbonyl (C=O) groups excluding carboxylic acids is 1. The third kappa shape index (κ3) is 3.91. The Kier molecular flexibility index (Phi) is 5.75. The van der Waals surface area contributed by atoms with Crippen LogP contribution in [0.15, 0.2) is 0 Å². The molecule has 0 radical (unpaired) electrons. The van der Waals surface area contributed by atoms with Gasteiger partial charge in [0.1, 0.15) is 6.04 Å². The zero-order chi connectivity index (χ0) is 14.5. The molecule has 6 heteroatoms. The van der Waals surface area contributed by atoms with Crippen molar-refractivity contribution in [2.45, 2.75) is 32.7 Å². The molecule has 1 saturated heterocycles. The molecule has 0 aromatic carbocycles. The maximum Gasteiger partial charge on any atom is 0.326 e. The quantitative estimate of drug-likeness (QED) is 0.644. The molecule has 6 nitrogen and oxygen atoms in total. The highest BCUT2D eigenvalue weighted by atomic mass is 16.5. The minimum atomic E-state index is -0.996. The van der Waals surface area contributed by atoms with E-state index in [0.29, 0.717) is 19.4 Å². The first-order chi connectivity index (χ1) is 8.93. The van der Waals surface area contributed by atoms with E-state index >= 15 is 0 Å². The number of ether oxygens (including phenoxy) is 1. The second kappa shape index (κ2) is 6.86. The molecule has 1 rings (SSSR count). The number of aliphatic carboxylic acids is 1. The van der Waals surface area contributed by atoms with Crippen LogP contribution in [0.25, 0.3) is 0 Å². The van der Waals surface area contributed by atoms with E-state index in [1.165, 1.54) is 0 Å². The zero-order valence-electron chi connectivity index (χ0n) is 11.9. The van der Waals surface area contributed by atoms with Crippen LogP contribution in [0.3, 0.4) is 0 Å². The molecule has 1 aliphatic heterocycles. The second-order valence-corrected chi connectivity index (χ2v) is 5.50. The second-order valence-electron chi connectivity index (χ2n) is 5.50. The molecule has 110 valence electrons. The van der Waals surface area contributed by atoms with Gasteiger partial charge in [-0.1, -0.05) is 13.8 Å². The SMILES string of the molecule is COCC1(C(=O)NC(C(=O)O)C(C)C)CCNCC1. The van der Waals surface area contributed by atoms with Gasteiger partial charge in [-0.2, -0.15) is 0 Å². The van der Waals surface area contributed by atoms with Gasteiger partial charge in [0.25, 0.3) is 0 Å². The van der Waals surface area contributed by atoms with Gasteiger partial charge in [0.05, 0.1) is 12.0 Å². The Bertz CT molecular complexity index is 319. The topological polar surface area (TPSA) is 87.7 Å². The first-order valence-corrected chi connectivity index (χ1v) is 6.66. The molecule has 0 aliphatic carbocycles. The van der Waals surface area contributed by atoms with Gasteiger partial charge in [-0.15, -0.1) is 0 Å². The Morgan fingerprint density at radius 3 is 2.37 bits per heavy atom. The number of hydrogen-bond donors (Lipinski definition) is 3. The van der Waals surface area contributed by atoms with Gasteiger partial charge in [-0.25, -0.2) is 4.79 Å². The summed E-state index contributed by atoms with van der Waals surface area (Å²) in [6.07, 6.45) is 1.33. The van der Waals surface area contributed by atoms with Gasteiger partial charge in [0, 0.05) is 7.11 Å². The highest BCUT2D eigenvalue weighted by molar-refractivity contribution is 5.87. The minimum absolute atomic E-state index is 0.150. The molecule has 1 heterocycles. The first kappa shape index (κ1) is 15.9. The predicted octanol–water partition coefficient (Wildman–Crippen LogP) is 0.228. The van der Waals surface area contributed by atoms with E-state index < -0.39 is 17.4 Å². The van der Waals surface area contributed by atoms with Crippen molar-refractivity contribution in [3.05, 3.63) is 0 Å². The third-order valence-corrected chi connectivity index (χ3v) is 3.68. The molecule has 0 spiro atoms. The van der Waals surface area contributed by atoms with Crippen LogP contribution in [0, 0.1) is 11.3 Å². The highest BCUT2D eigenvalue weighted by Crippen LogP contribution is 2.29. The summed E-state index contributed by atoms with van der Waals surface area (Å²) < 4.78 is 5.17. The third-order valence-electron chi connectivity index (χ3n) is 3.68. The molecular formula is C13H24N2O4. The zero-order valence-corrected chi connectivity index (χ0v) is 11.9. The number of methoxy groups -OCH3 is 1. The average Bonchev–Trinajstić information content (AvgIpc) is 2.36. The number of carboxylic acid groups (broad SMARTS) is 1. The first-order valence-electron chi connectivity index (χ1n) is 6.66. The lowest BCUT2D eigenvalue weighted by Gasteiger charge is -2.36. The van der Waals surface area contributed by atoms with E-state index in [0.717, 1.165) is 13.1 Å². The van der Waals surface area contributed by atoms with Crippen LogP contribution in [-0.4, -0.2) is 49.8 Å². The van der Waals surface area contributed by atoms with E-state index in [4.69, 9.17) is 9.84 Å². The molecule has 1 unspecified atom stereocenters. The number of hydrogen-bond acceptors (Lipinski definition) is 4. The van der Waals surface area contributed by atoms with Crippen molar-refractivity contribution in [2.75, 3.05) is 26.8 Å². The summed E-state index contributed by atoms with van der Waals surface area (Å²) >= 11 is 0. The lowest BCUT2D eigenvalue weighted by Crippen LogP contribution is -2.55. The molecule has 1 aliphatic rings. The number of carboxylic acids is 1. The molecule has 1 amide bonds. The van der Waals surface area contributed by atoms with Gasteiger partial charge in [0.15, 0.2) is 0 Å². The summed E-state index contributed by atoms with van der Waals surface area (Å²) in [5, 5.41) is 15.0. The minimum Gasteiger partial charge on any atom is -0.480 e. The van der Waals surface area contributed by atoms with Crippen LogP contribution in [0.2, 0.25) is 0 Å². The lowest BCUT2D eigenvalue weighted by molar-refractivity contribution is -0.147. The normalized spacial score (nSPS) is 20.0. The van der Waals surface area contributed by atoms with Crippen LogP contribution >= 0.6 is 0 Å². The van der Waals surface area contributed by atoms with Crippen molar-refractivity contribution >= 4 is 11.9 Å². The van der Waals surface area contributed by atoms with Crippen molar-refractivity contribution in [1.82, 2.24) is 10.6 Å². The molecule has 0 saturated carbocycles. The van der Waals surface area contributed by atoms with E-state index in [1.54, 1.807) is 21.0 Å². The van der Waals surface area contributed by atoms with Crippen molar-refractivity contribution in [1.29, 1.82) is 0 Å². The van der Waals surface area contributed by atoms with Crippen molar-refractivity contribution in [3.8, 4) is 0 Å². The fraction of sp³-hybridized carbons (Fsp3) is 0.846. The molecular weight excluding hydrogens is 248 g/mol. The largest absolute Gasteiger partial charge is 0.480 e. The molecule has 3 N–H and O–H groups in total. The highest BCUT2D eigenvalue weighted by Gasteiger charge is 2.41. The number of nitrogens with one attached hydrogen (secondary N) is 2. The molecule has 1 fully saturated rings. The molecule has 1 atom stereocenters. The summed E-state index contributed by atoms with van der Waals surface area (Å²) in [6, 6.07) is -0.851. The van der Waals surface area contributed by atoms with Gasteiger partial charge in [-0.05, 0) is 31.8 Å². The molecule has 19 heavy (non-hydrogen) atoms. The molecule has 0 aromatic heterocycles. The van der Waals surface area contributed by atoms with E-state index in [1.807, 2.05) is 0 Å².